The second-order valence-electron chi connectivity index (χ2n) is 6.71. The summed E-state index contributed by atoms with van der Waals surface area (Å²) in [6, 6.07) is 18.3. The van der Waals surface area contributed by atoms with Crippen molar-refractivity contribution in [1.82, 2.24) is 0 Å². The van der Waals surface area contributed by atoms with Crippen molar-refractivity contribution >= 4 is 37.1 Å². The van der Waals surface area contributed by atoms with Crippen LogP contribution in [0.4, 0.5) is 11.4 Å². The maximum Gasteiger partial charge on any atom is 0.261 e. The van der Waals surface area contributed by atoms with Gasteiger partial charge in [0.25, 0.3) is 15.9 Å². The highest BCUT2D eigenvalue weighted by Gasteiger charge is 2.19. The third kappa shape index (κ3) is 5.05. The molecule has 0 heterocycles. The van der Waals surface area contributed by atoms with Gasteiger partial charge in [-0.3, -0.25) is 9.52 Å². The Hall–Kier alpha value is -3.17. The minimum Gasteiger partial charge on any atom is -0.322 e. The fourth-order valence-electron chi connectivity index (χ4n) is 2.68. The standard InChI is InChI=1S/C21H20N2O5S2/c1-15-7-9-16(10-8-15)22-21(24)19-5-3-4-6-20(19)23-30(27,28)18-13-11-17(12-14-18)29(2,25)26/h3-14,23H,1-2H3,(H,22,24). The molecule has 0 aliphatic heterocycles. The van der Waals surface area contributed by atoms with Gasteiger partial charge in [0.15, 0.2) is 9.84 Å². The molecule has 0 bridgehead atoms. The lowest BCUT2D eigenvalue weighted by molar-refractivity contribution is 0.102. The van der Waals surface area contributed by atoms with E-state index in [1.807, 2.05) is 19.1 Å². The lowest BCUT2D eigenvalue weighted by Gasteiger charge is -2.13. The third-order valence-electron chi connectivity index (χ3n) is 4.29. The SMILES string of the molecule is Cc1ccc(NC(=O)c2ccccc2NS(=O)(=O)c2ccc(S(C)(=O)=O)cc2)cc1. The smallest absolute Gasteiger partial charge is 0.261 e. The number of aryl methyl sites for hydroxylation is 1. The number of amides is 1. The number of sulfonamides is 1. The molecule has 3 rings (SSSR count). The van der Waals surface area contributed by atoms with Gasteiger partial charge in [-0.2, -0.15) is 0 Å². The summed E-state index contributed by atoms with van der Waals surface area (Å²) >= 11 is 0. The van der Waals surface area contributed by atoms with Gasteiger partial charge in [0, 0.05) is 11.9 Å². The summed E-state index contributed by atoms with van der Waals surface area (Å²) in [5.41, 5.74) is 1.88. The van der Waals surface area contributed by atoms with Crippen LogP contribution in [-0.4, -0.2) is 29.0 Å². The number of sulfone groups is 1. The van der Waals surface area contributed by atoms with E-state index in [0.717, 1.165) is 11.8 Å². The maximum atomic E-state index is 12.7. The Kier molecular flexibility index (Phi) is 5.95. The highest BCUT2D eigenvalue weighted by atomic mass is 32.2. The topological polar surface area (TPSA) is 109 Å². The monoisotopic (exact) mass is 444 g/mol. The van der Waals surface area contributed by atoms with Crippen LogP contribution in [0.5, 0.6) is 0 Å². The zero-order valence-electron chi connectivity index (χ0n) is 16.3. The number of carbonyl (C=O) groups excluding carboxylic acids is 1. The van der Waals surface area contributed by atoms with Crippen molar-refractivity contribution in [3.63, 3.8) is 0 Å². The molecule has 0 atom stereocenters. The van der Waals surface area contributed by atoms with E-state index in [0.29, 0.717) is 5.69 Å². The summed E-state index contributed by atoms with van der Waals surface area (Å²) in [6.07, 6.45) is 1.04. The summed E-state index contributed by atoms with van der Waals surface area (Å²) in [5, 5.41) is 2.73. The van der Waals surface area contributed by atoms with Crippen molar-refractivity contribution in [1.29, 1.82) is 0 Å². The predicted molar refractivity (Wildman–Crippen MR) is 116 cm³/mol. The molecular weight excluding hydrogens is 424 g/mol. The number of carbonyl (C=O) groups is 1. The van der Waals surface area contributed by atoms with Gasteiger partial charge in [0.1, 0.15) is 0 Å². The van der Waals surface area contributed by atoms with E-state index < -0.39 is 25.8 Å². The van der Waals surface area contributed by atoms with Gasteiger partial charge in [0.05, 0.1) is 21.0 Å². The van der Waals surface area contributed by atoms with Crippen LogP contribution in [0.1, 0.15) is 15.9 Å². The summed E-state index contributed by atoms with van der Waals surface area (Å²) < 4.78 is 51.0. The van der Waals surface area contributed by atoms with Crippen molar-refractivity contribution in [2.24, 2.45) is 0 Å². The normalized spacial score (nSPS) is 11.7. The molecular formula is C21H20N2O5S2. The van der Waals surface area contributed by atoms with E-state index in [2.05, 4.69) is 10.0 Å². The lowest BCUT2D eigenvalue weighted by Crippen LogP contribution is -2.18. The number of hydrogen-bond acceptors (Lipinski definition) is 5. The number of anilines is 2. The quantitative estimate of drug-likeness (QED) is 0.605. The average Bonchev–Trinajstić information content (AvgIpc) is 2.69. The summed E-state index contributed by atoms with van der Waals surface area (Å²) in [7, 11) is -7.48. The number of nitrogens with one attached hydrogen (secondary N) is 2. The minimum atomic E-state index is -4.03. The van der Waals surface area contributed by atoms with Gasteiger partial charge in [-0.05, 0) is 55.5 Å². The molecule has 3 aromatic carbocycles. The molecule has 0 saturated heterocycles. The molecule has 9 heteroatoms. The van der Waals surface area contributed by atoms with Crippen molar-refractivity contribution in [2.45, 2.75) is 16.7 Å². The van der Waals surface area contributed by atoms with Gasteiger partial charge in [0.2, 0.25) is 0 Å². The Bertz CT molecular complexity index is 1280. The van der Waals surface area contributed by atoms with Crippen LogP contribution in [0.3, 0.4) is 0 Å². The lowest BCUT2D eigenvalue weighted by atomic mass is 10.1. The van der Waals surface area contributed by atoms with Crippen molar-refractivity contribution < 1.29 is 21.6 Å². The second-order valence-corrected chi connectivity index (χ2v) is 10.4. The van der Waals surface area contributed by atoms with E-state index in [4.69, 9.17) is 0 Å². The fraction of sp³-hybridized carbons (Fsp3) is 0.0952. The van der Waals surface area contributed by atoms with Crippen LogP contribution in [-0.2, 0) is 19.9 Å². The van der Waals surface area contributed by atoms with Crippen molar-refractivity contribution in [2.75, 3.05) is 16.3 Å². The zero-order valence-corrected chi connectivity index (χ0v) is 17.9. The third-order valence-corrected chi connectivity index (χ3v) is 6.80. The first-order chi connectivity index (χ1) is 14.1. The molecule has 3 aromatic rings. The van der Waals surface area contributed by atoms with Gasteiger partial charge < -0.3 is 5.32 Å². The van der Waals surface area contributed by atoms with Gasteiger partial charge in [-0.15, -0.1) is 0 Å². The van der Waals surface area contributed by atoms with Gasteiger partial charge in [-0.25, -0.2) is 16.8 Å². The molecule has 7 nitrogen and oxygen atoms in total. The molecule has 0 fully saturated rings. The second kappa shape index (κ2) is 8.29. The van der Waals surface area contributed by atoms with Crippen LogP contribution in [0.25, 0.3) is 0 Å². The molecule has 0 spiro atoms. The highest BCUT2D eigenvalue weighted by molar-refractivity contribution is 7.92. The first-order valence-electron chi connectivity index (χ1n) is 8.86. The minimum absolute atomic E-state index is 0.0133. The van der Waals surface area contributed by atoms with Crippen LogP contribution in [0, 0.1) is 6.92 Å². The summed E-state index contributed by atoms with van der Waals surface area (Å²) in [4.78, 5) is 12.6. The van der Waals surface area contributed by atoms with Crippen LogP contribution in [0.15, 0.2) is 82.6 Å². The predicted octanol–water partition coefficient (Wildman–Crippen LogP) is 3.45. The first-order valence-corrected chi connectivity index (χ1v) is 12.2. The van der Waals surface area contributed by atoms with Crippen molar-refractivity contribution in [3.8, 4) is 0 Å². The molecule has 0 saturated carbocycles. The van der Waals surface area contributed by atoms with E-state index in [-0.39, 0.29) is 21.0 Å². The molecule has 0 aromatic heterocycles. The van der Waals surface area contributed by atoms with Crippen LogP contribution < -0.4 is 10.0 Å². The first kappa shape index (κ1) is 21.5. The summed E-state index contributed by atoms with van der Waals surface area (Å²) in [5.74, 6) is -0.468. The van der Waals surface area contributed by atoms with Crippen LogP contribution in [0.2, 0.25) is 0 Å². The number of rotatable bonds is 6. The van der Waals surface area contributed by atoms with E-state index in [9.17, 15) is 21.6 Å². The average molecular weight is 445 g/mol. The van der Waals surface area contributed by atoms with Crippen LogP contribution >= 0.6 is 0 Å². The molecule has 0 aliphatic carbocycles. The molecule has 0 unspecified atom stereocenters. The molecule has 0 radical (unpaired) electrons. The van der Waals surface area contributed by atoms with E-state index in [1.54, 1.807) is 24.3 Å². The van der Waals surface area contributed by atoms with Crippen molar-refractivity contribution in [3.05, 3.63) is 83.9 Å². The molecule has 2 N–H and O–H groups in total. The molecule has 30 heavy (non-hydrogen) atoms. The summed E-state index contributed by atoms with van der Waals surface area (Å²) in [6.45, 7) is 1.93. The fourth-order valence-corrected chi connectivity index (χ4v) is 4.39. The Labute approximate surface area is 175 Å². The number of hydrogen-bond donors (Lipinski definition) is 2. The Morgan fingerprint density at radius 3 is 1.93 bits per heavy atom. The maximum absolute atomic E-state index is 12.7. The number of benzene rings is 3. The Morgan fingerprint density at radius 2 is 1.33 bits per heavy atom. The number of para-hydroxylation sites is 1. The molecule has 1 amide bonds. The largest absolute Gasteiger partial charge is 0.322 e. The molecule has 156 valence electrons. The Balaban J connectivity index is 1.86. The zero-order chi connectivity index (χ0) is 21.9. The van der Waals surface area contributed by atoms with Gasteiger partial charge >= 0.3 is 0 Å². The Morgan fingerprint density at radius 1 is 0.767 bits per heavy atom. The van der Waals surface area contributed by atoms with E-state index in [1.165, 1.54) is 36.4 Å². The highest BCUT2D eigenvalue weighted by Crippen LogP contribution is 2.22. The van der Waals surface area contributed by atoms with Gasteiger partial charge in [-0.1, -0.05) is 29.8 Å². The van der Waals surface area contributed by atoms with E-state index >= 15 is 0 Å². The molecule has 0 aliphatic rings.